The highest BCUT2D eigenvalue weighted by atomic mass is 79.9. The Morgan fingerprint density at radius 2 is 2.28 bits per heavy atom. The fourth-order valence-electron chi connectivity index (χ4n) is 1.68. The van der Waals surface area contributed by atoms with Crippen LogP contribution in [-0.2, 0) is 0 Å². The maximum Gasteiger partial charge on any atom is 0.265 e. The Morgan fingerprint density at radius 3 is 3.06 bits per heavy atom. The summed E-state index contributed by atoms with van der Waals surface area (Å²) in [6.45, 7) is 1.79. The van der Waals surface area contributed by atoms with Crippen molar-refractivity contribution in [3.8, 4) is 11.4 Å². The maximum atomic E-state index is 11.7. The summed E-state index contributed by atoms with van der Waals surface area (Å²) in [5, 5.41) is 1.99. The van der Waals surface area contributed by atoms with Gasteiger partial charge in [0.15, 0.2) is 0 Å². The highest BCUT2D eigenvalue weighted by Gasteiger charge is 2.08. The molecule has 18 heavy (non-hydrogen) atoms. The van der Waals surface area contributed by atoms with E-state index in [-0.39, 0.29) is 5.56 Å². The Labute approximate surface area is 115 Å². The molecule has 0 radical (unpaired) electrons. The van der Waals surface area contributed by atoms with Crippen molar-refractivity contribution in [3.05, 3.63) is 44.2 Å². The topological polar surface area (TPSA) is 58.6 Å². The summed E-state index contributed by atoms with van der Waals surface area (Å²) in [4.78, 5) is 23.1. The summed E-state index contributed by atoms with van der Waals surface area (Å²) in [6, 6.07) is 3.95. The van der Waals surface area contributed by atoms with Crippen LogP contribution >= 0.6 is 27.3 Å². The Balaban J connectivity index is 2.22. The van der Waals surface area contributed by atoms with Crippen LogP contribution in [0.3, 0.4) is 0 Å². The number of nitrogens with zero attached hydrogens (tertiary/aromatic N) is 2. The number of H-pyrrole nitrogens is 1. The third-order valence-electron chi connectivity index (χ3n) is 2.60. The van der Waals surface area contributed by atoms with Crippen LogP contribution in [0, 0.1) is 6.92 Å². The molecular weight excluding hydrogens is 314 g/mol. The highest BCUT2D eigenvalue weighted by Crippen LogP contribution is 2.24. The molecule has 4 nitrogen and oxygen atoms in total. The Kier molecular flexibility index (Phi) is 2.76. The smallest absolute Gasteiger partial charge is 0.265 e. The number of rotatable bonds is 1. The number of nitrogens with one attached hydrogen (secondary N) is 1. The van der Waals surface area contributed by atoms with Crippen molar-refractivity contribution >= 4 is 37.5 Å². The molecule has 3 rings (SSSR count). The highest BCUT2D eigenvalue weighted by molar-refractivity contribution is 9.10. The predicted molar refractivity (Wildman–Crippen MR) is 75.9 cm³/mol. The van der Waals surface area contributed by atoms with Gasteiger partial charge >= 0.3 is 0 Å². The summed E-state index contributed by atoms with van der Waals surface area (Å²) >= 11 is 4.82. The van der Waals surface area contributed by atoms with E-state index < -0.39 is 0 Å². The zero-order valence-electron chi connectivity index (χ0n) is 9.40. The normalized spacial score (nSPS) is 11.0. The van der Waals surface area contributed by atoms with E-state index >= 15 is 0 Å². The van der Waals surface area contributed by atoms with E-state index in [4.69, 9.17) is 0 Å². The third kappa shape index (κ3) is 1.87. The van der Waals surface area contributed by atoms with Gasteiger partial charge in [-0.3, -0.25) is 9.78 Å². The van der Waals surface area contributed by atoms with Crippen LogP contribution in [0.15, 0.2) is 33.0 Å². The largest absolute Gasteiger partial charge is 0.305 e. The number of fused-ring (bicyclic) bond motifs is 1. The number of aryl methyl sites for hydroxylation is 1. The number of halogens is 1. The maximum absolute atomic E-state index is 11.7. The molecule has 0 atom stereocenters. The predicted octanol–water partition coefficient (Wildman–Crippen LogP) is 3.12. The molecule has 0 saturated carbocycles. The lowest BCUT2D eigenvalue weighted by Gasteiger charge is -2.03. The Bertz CT molecular complexity index is 793. The number of aromatic nitrogens is 3. The van der Waals surface area contributed by atoms with Crippen molar-refractivity contribution in [2.45, 2.75) is 6.92 Å². The number of hydrogen-bond donors (Lipinski definition) is 1. The average molecular weight is 322 g/mol. The van der Waals surface area contributed by atoms with Crippen LogP contribution in [0.5, 0.6) is 0 Å². The van der Waals surface area contributed by atoms with Crippen molar-refractivity contribution in [2.24, 2.45) is 0 Å². The minimum atomic E-state index is -0.177. The fourth-order valence-corrected chi connectivity index (χ4v) is 2.65. The molecule has 0 fully saturated rings. The molecule has 0 aliphatic carbocycles. The molecule has 6 heteroatoms. The molecule has 3 heterocycles. The van der Waals surface area contributed by atoms with Gasteiger partial charge in [-0.2, -0.15) is 0 Å². The quantitative estimate of drug-likeness (QED) is 0.749. The summed E-state index contributed by atoms with van der Waals surface area (Å²) in [7, 11) is 0. The van der Waals surface area contributed by atoms with Gasteiger partial charge in [0.1, 0.15) is 10.3 Å². The standard InChI is InChI=1S/C12H8BrN3OS/c1-6-10(13)12(17)16-11(15-6)7-4-9-8(14-5-7)2-3-18-9/h2-5H,1H3,(H,15,16,17). The SMILES string of the molecule is Cc1nc(-c2cnc3ccsc3c2)[nH]c(=O)c1Br. The fraction of sp³-hybridized carbons (Fsp3) is 0.0833. The van der Waals surface area contributed by atoms with Gasteiger partial charge in [-0.15, -0.1) is 11.3 Å². The summed E-state index contributed by atoms with van der Waals surface area (Å²) in [5.74, 6) is 0.545. The number of hydrogen-bond acceptors (Lipinski definition) is 4. The second-order valence-electron chi connectivity index (χ2n) is 3.84. The molecule has 1 N–H and O–H groups in total. The lowest BCUT2D eigenvalue weighted by atomic mass is 10.2. The molecular formula is C12H8BrN3OS. The van der Waals surface area contributed by atoms with Crippen LogP contribution in [0.25, 0.3) is 21.6 Å². The number of thiophene rings is 1. The molecule has 3 aromatic rings. The van der Waals surface area contributed by atoms with Gasteiger partial charge in [0.25, 0.3) is 5.56 Å². The van der Waals surface area contributed by atoms with E-state index in [2.05, 4.69) is 30.9 Å². The molecule has 0 unspecified atom stereocenters. The van der Waals surface area contributed by atoms with Gasteiger partial charge in [-0.1, -0.05) is 0 Å². The van der Waals surface area contributed by atoms with Crippen LogP contribution in [0.4, 0.5) is 0 Å². The monoisotopic (exact) mass is 321 g/mol. The van der Waals surface area contributed by atoms with Gasteiger partial charge in [0.05, 0.1) is 15.9 Å². The summed E-state index contributed by atoms with van der Waals surface area (Å²) in [6.07, 6.45) is 1.72. The lowest BCUT2D eigenvalue weighted by Crippen LogP contribution is -2.11. The van der Waals surface area contributed by atoms with E-state index in [9.17, 15) is 4.79 Å². The zero-order valence-corrected chi connectivity index (χ0v) is 11.8. The first-order chi connectivity index (χ1) is 8.65. The van der Waals surface area contributed by atoms with E-state index in [0.29, 0.717) is 16.0 Å². The van der Waals surface area contributed by atoms with Crippen molar-refractivity contribution < 1.29 is 0 Å². The molecule has 0 spiro atoms. The first-order valence-corrected chi connectivity index (χ1v) is 6.92. The van der Waals surface area contributed by atoms with Gasteiger partial charge in [-0.25, -0.2) is 4.98 Å². The van der Waals surface area contributed by atoms with Crippen LogP contribution in [0.2, 0.25) is 0 Å². The van der Waals surface area contributed by atoms with E-state index in [1.165, 1.54) is 0 Å². The molecule has 0 aliphatic heterocycles. The second kappa shape index (κ2) is 4.29. The molecule has 0 aliphatic rings. The Hall–Kier alpha value is -1.53. The Morgan fingerprint density at radius 1 is 1.44 bits per heavy atom. The third-order valence-corrected chi connectivity index (χ3v) is 4.39. The molecule has 0 saturated heterocycles. The minimum absolute atomic E-state index is 0.177. The zero-order chi connectivity index (χ0) is 12.7. The molecule has 0 aromatic carbocycles. The number of pyridine rings is 1. The van der Waals surface area contributed by atoms with Gasteiger partial charge in [0.2, 0.25) is 0 Å². The summed E-state index contributed by atoms with van der Waals surface area (Å²) < 4.78 is 1.55. The van der Waals surface area contributed by atoms with Crippen molar-refractivity contribution in [1.29, 1.82) is 0 Å². The first-order valence-electron chi connectivity index (χ1n) is 5.25. The van der Waals surface area contributed by atoms with Crippen molar-refractivity contribution in [2.75, 3.05) is 0 Å². The van der Waals surface area contributed by atoms with Gasteiger partial charge in [-0.05, 0) is 40.4 Å². The van der Waals surface area contributed by atoms with Crippen LogP contribution in [-0.4, -0.2) is 15.0 Å². The molecule has 0 amide bonds. The molecule has 3 aromatic heterocycles. The van der Waals surface area contributed by atoms with E-state index in [1.54, 1.807) is 24.5 Å². The van der Waals surface area contributed by atoms with Crippen molar-refractivity contribution in [1.82, 2.24) is 15.0 Å². The number of aromatic amines is 1. The van der Waals surface area contributed by atoms with Gasteiger partial charge in [0, 0.05) is 11.8 Å². The average Bonchev–Trinajstić information content (AvgIpc) is 2.82. The van der Waals surface area contributed by atoms with E-state index in [1.807, 2.05) is 17.5 Å². The lowest BCUT2D eigenvalue weighted by molar-refractivity contribution is 1.05. The van der Waals surface area contributed by atoms with Gasteiger partial charge < -0.3 is 4.98 Å². The minimum Gasteiger partial charge on any atom is -0.305 e. The van der Waals surface area contributed by atoms with Crippen LogP contribution in [0.1, 0.15) is 5.69 Å². The van der Waals surface area contributed by atoms with Crippen molar-refractivity contribution in [3.63, 3.8) is 0 Å². The summed E-state index contributed by atoms with van der Waals surface area (Å²) in [5.41, 5.74) is 2.27. The second-order valence-corrected chi connectivity index (χ2v) is 5.58. The molecule has 90 valence electrons. The van der Waals surface area contributed by atoms with Crippen LogP contribution < -0.4 is 5.56 Å². The first kappa shape index (κ1) is 11.6. The molecule has 0 bridgehead atoms. The van der Waals surface area contributed by atoms with E-state index in [0.717, 1.165) is 15.8 Å².